The summed E-state index contributed by atoms with van der Waals surface area (Å²) >= 11 is 0. The van der Waals surface area contributed by atoms with Crippen molar-refractivity contribution in [2.45, 2.75) is 27.2 Å². The zero-order chi connectivity index (χ0) is 12.3. The monoisotopic (exact) mass is 226 g/mol. The van der Waals surface area contributed by atoms with Gasteiger partial charge in [-0.1, -0.05) is 13.8 Å². The number of aromatic nitrogens is 2. The van der Waals surface area contributed by atoms with Crippen molar-refractivity contribution in [1.29, 1.82) is 0 Å². The summed E-state index contributed by atoms with van der Waals surface area (Å²) < 4.78 is 1.82. The van der Waals surface area contributed by atoms with Crippen LogP contribution >= 0.6 is 0 Å². The fraction of sp³-hybridized carbons (Fsp3) is 0.750. The number of hydrogen-bond donors (Lipinski definition) is 2. The first-order valence-corrected chi connectivity index (χ1v) is 5.66. The molecule has 0 bridgehead atoms. The third kappa shape index (κ3) is 2.44. The largest absolute Gasteiger partial charge is 0.396 e. The minimum atomic E-state index is -0.458. The number of nitrogens with zero attached hydrogens (tertiary/aromatic N) is 2. The summed E-state index contributed by atoms with van der Waals surface area (Å²) in [6, 6.07) is 2.00. The first-order chi connectivity index (χ1) is 7.45. The lowest BCUT2D eigenvalue weighted by Gasteiger charge is -2.33. The molecule has 0 aliphatic rings. The van der Waals surface area contributed by atoms with E-state index in [1.165, 1.54) is 0 Å². The molecule has 0 unspecified atom stereocenters. The fourth-order valence-corrected chi connectivity index (χ4v) is 1.92. The summed E-state index contributed by atoms with van der Waals surface area (Å²) in [6.07, 6.45) is 0.648. The van der Waals surface area contributed by atoms with Crippen molar-refractivity contribution < 1.29 is 10.2 Å². The van der Waals surface area contributed by atoms with E-state index in [1.807, 2.05) is 38.6 Å². The van der Waals surface area contributed by atoms with E-state index in [9.17, 15) is 10.2 Å². The van der Waals surface area contributed by atoms with Gasteiger partial charge in [-0.25, -0.2) is 0 Å². The second kappa shape index (κ2) is 4.97. The summed E-state index contributed by atoms with van der Waals surface area (Å²) in [7, 11) is 1.89. The molecule has 1 aromatic rings. The molecule has 16 heavy (non-hydrogen) atoms. The van der Waals surface area contributed by atoms with E-state index in [2.05, 4.69) is 5.10 Å². The van der Waals surface area contributed by atoms with Crippen molar-refractivity contribution >= 4 is 0 Å². The number of aliphatic hydroxyl groups excluding tert-OH is 2. The maximum Gasteiger partial charge on any atom is 0.0596 e. The highest BCUT2D eigenvalue weighted by Crippen LogP contribution is 2.31. The quantitative estimate of drug-likeness (QED) is 0.784. The Balaban J connectivity index is 2.95. The Morgan fingerprint density at radius 1 is 1.38 bits per heavy atom. The lowest BCUT2D eigenvalue weighted by Crippen LogP contribution is -2.38. The van der Waals surface area contributed by atoms with Crippen LogP contribution in [0.15, 0.2) is 6.07 Å². The van der Waals surface area contributed by atoms with Gasteiger partial charge in [0.2, 0.25) is 0 Å². The molecule has 0 saturated carbocycles. The minimum Gasteiger partial charge on any atom is -0.396 e. The Morgan fingerprint density at radius 3 is 2.25 bits per heavy atom. The van der Waals surface area contributed by atoms with Crippen molar-refractivity contribution in [3.63, 3.8) is 0 Å². The first-order valence-electron chi connectivity index (χ1n) is 5.66. The topological polar surface area (TPSA) is 58.3 Å². The zero-order valence-electron chi connectivity index (χ0n) is 10.6. The van der Waals surface area contributed by atoms with E-state index in [4.69, 9.17) is 0 Å². The third-order valence-electron chi connectivity index (χ3n) is 3.49. The van der Waals surface area contributed by atoms with Gasteiger partial charge in [0.05, 0.1) is 18.9 Å². The molecule has 92 valence electrons. The van der Waals surface area contributed by atoms with Crippen molar-refractivity contribution in [2.24, 2.45) is 18.4 Å². The van der Waals surface area contributed by atoms with Gasteiger partial charge in [0, 0.05) is 18.2 Å². The van der Waals surface area contributed by atoms with Gasteiger partial charge in [-0.05, 0) is 25.3 Å². The number of aliphatic hydroxyl groups is 2. The normalized spacial score (nSPS) is 12.4. The predicted octanol–water partition coefficient (Wildman–Crippen LogP) is 0.898. The second-order valence-electron chi connectivity index (χ2n) is 4.91. The van der Waals surface area contributed by atoms with Gasteiger partial charge in [0.15, 0.2) is 0 Å². The predicted molar refractivity (Wildman–Crippen MR) is 63.1 cm³/mol. The van der Waals surface area contributed by atoms with Crippen LogP contribution in [-0.2, 0) is 13.5 Å². The Kier molecular flexibility index (Phi) is 4.10. The summed E-state index contributed by atoms with van der Waals surface area (Å²) in [5.41, 5.74) is 1.56. The highest BCUT2D eigenvalue weighted by molar-refractivity contribution is 5.11. The van der Waals surface area contributed by atoms with E-state index >= 15 is 0 Å². The van der Waals surface area contributed by atoms with Crippen LogP contribution in [0.1, 0.15) is 25.2 Å². The van der Waals surface area contributed by atoms with Crippen molar-refractivity contribution in [3.8, 4) is 0 Å². The van der Waals surface area contributed by atoms with Crippen LogP contribution in [-0.4, -0.2) is 33.2 Å². The van der Waals surface area contributed by atoms with Crippen LogP contribution in [0.2, 0.25) is 0 Å². The molecule has 0 aliphatic carbocycles. The molecule has 0 atom stereocenters. The zero-order valence-corrected chi connectivity index (χ0v) is 10.6. The Morgan fingerprint density at radius 2 is 1.94 bits per heavy atom. The lowest BCUT2D eigenvalue weighted by atomic mass is 9.75. The Bertz CT molecular complexity index is 341. The van der Waals surface area contributed by atoms with Crippen molar-refractivity contribution in [2.75, 3.05) is 13.2 Å². The van der Waals surface area contributed by atoms with Gasteiger partial charge in [-0.15, -0.1) is 0 Å². The van der Waals surface area contributed by atoms with Gasteiger partial charge < -0.3 is 10.2 Å². The second-order valence-corrected chi connectivity index (χ2v) is 4.91. The van der Waals surface area contributed by atoms with E-state index < -0.39 is 5.41 Å². The third-order valence-corrected chi connectivity index (χ3v) is 3.49. The van der Waals surface area contributed by atoms with Gasteiger partial charge in [0.1, 0.15) is 0 Å². The van der Waals surface area contributed by atoms with E-state index in [-0.39, 0.29) is 19.1 Å². The maximum atomic E-state index is 9.52. The molecule has 1 aromatic heterocycles. The molecule has 1 heterocycles. The summed E-state index contributed by atoms with van der Waals surface area (Å²) in [5.74, 6) is 0.220. The molecule has 1 rings (SSSR count). The first kappa shape index (κ1) is 13.2. The van der Waals surface area contributed by atoms with Crippen LogP contribution in [0.3, 0.4) is 0 Å². The van der Waals surface area contributed by atoms with Crippen molar-refractivity contribution in [1.82, 2.24) is 9.78 Å². The molecule has 0 aromatic carbocycles. The van der Waals surface area contributed by atoms with Gasteiger partial charge in [-0.3, -0.25) is 4.68 Å². The highest BCUT2D eigenvalue weighted by Gasteiger charge is 2.33. The Labute approximate surface area is 96.9 Å². The van der Waals surface area contributed by atoms with Crippen LogP contribution in [0, 0.1) is 18.3 Å². The molecule has 0 aliphatic heterocycles. The van der Waals surface area contributed by atoms with E-state index in [0.717, 1.165) is 11.4 Å². The molecule has 0 saturated heterocycles. The summed E-state index contributed by atoms with van der Waals surface area (Å²) in [4.78, 5) is 0. The summed E-state index contributed by atoms with van der Waals surface area (Å²) in [5, 5.41) is 23.3. The fourth-order valence-electron chi connectivity index (χ4n) is 1.92. The van der Waals surface area contributed by atoms with Gasteiger partial charge in [0.25, 0.3) is 0 Å². The molecule has 0 spiro atoms. The SMILES string of the molecule is Cc1cc(CC(CO)(CO)C(C)C)n(C)n1. The molecule has 0 radical (unpaired) electrons. The van der Waals surface area contributed by atoms with Crippen LogP contribution in [0.25, 0.3) is 0 Å². The van der Waals surface area contributed by atoms with Gasteiger partial charge >= 0.3 is 0 Å². The molecule has 4 heteroatoms. The molecule has 0 fully saturated rings. The smallest absolute Gasteiger partial charge is 0.0596 e. The number of rotatable bonds is 5. The van der Waals surface area contributed by atoms with Gasteiger partial charge in [-0.2, -0.15) is 5.10 Å². The standard InChI is InChI=1S/C12H22N2O2/c1-9(2)12(7-15,8-16)6-11-5-10(3)13-14(11)4/h5,9,15-16H,6-8H2,1-4H3. The number of aryl methyl sites for hydroxylation is 2. The molecule has 2 N–H and O–H groups in total. The molecule has 0 amide bonds. The lowest BCUT2D eigenvalue weighted by molar-refractivity contribution is 0.0149. The average Bonchev–Trinajstić information content (AvgIpc) is 2.53. The van der Waals surface area contributed by atoms with E-state index in [1.54, 1.807) is 0 Å². The molecular weight excluding hydrogens is 204 g/mol. The number of hydrogen-bond acceptors (Lipinski definition) is 3. The van der Waals surface area contributed by atoms with E-state index in [0.29, 0.717) is 6.42 Å². The van der Waals surface area contributed by atoms with Crippen LogP contribution < -0.4 is 0 Å². The average molecular weight is 226 g/mol. The maximum absolute atomic E-state index is 9.52. The highest BCUT2D eigenvalue weighted by atomic mass is 16.3. The van der Waals surface area contributed by atoms with Crippen LogP contribution in [0.5, 0.6) is 0 Å². The Hall–Kier alpha value is -0.870. The molecular formula is C12H22N2O2. The van der Waals surface area contributed by atoms with Crippen LogP contribution in [0.4, 0.5) is 0 Å². The minimum absolute atomic E-state index is 0.00854. The summed E-state index contributed by atoms with van der Waals surface area (Å²) in [6.45, 7) is 5.97. The van der Waals surface area contributed by atoms with Crippen molar-refractivity contribution in [3.05, 3.63) is 17.5 Å². The molecule has 4 nitrogen and oxygen atoms in total.